The molecule has 0 aromatic carbocycles. The van der Waals surface area contributed by atoms with Gasteiger partial charge in [-0.1, -0.05) is 22.9 Å². The summed E-state index contributed by atoms with van der Waals surface area (Å²) in [6.07, 6.45) is 2.96. The number of rotatable bonds is 4. The predicted molar refractivity (Wildman–Crippen MR) is 70.5 cm³/mol. The Hall–Kier alpha value is -0.210. The van der Waals surface area contributed by atoms with Crippen molar-refractivity contribution < 1.29 is 13.2 Å². The van der Waals surface area contributed by atoms with Crippen LogP contribution in [0.5, 0.6) is 0 Å². The van der Waals surface area contributed by atoms with E-state index in [1.54, 1.807) is 0 Å². The zero-order valence-corrected chi connectivity index (χ0v) is 12.4. The molecule has 1 aliphatic heterocycles. The highest BCUT2D eigenvalue weighted by Crippen LogP contribution is 2.27. The second-order valence-corrected chi connectivity index (χ2v) is 7.77. The van der Waals surface area contributed by atoms with Crippen LogP contribution in [0.2, 0.25) is 4.47 Å². The number of halogens is 1. The Bertz CT molecular complexity index is 495. The van der Waals surface area contributed by atoms with Gasteiger partial charge in [0.1, 0.15) is 0 Å². The Morgan fingerprint density at radius 3 is 2.72 bits per heavy atom. The number of hydrogen-bond acceptors (Lipinski definition) is 5. The highest BCUT2D eigenvalue weighted by molar-refractivity contribution is 7.91. The molecule has 0 aliphatic carbocycles. The minimum Gasteiger partial charge on any atom is -0.378 e. The maximum Gasteiger partial charge on any atom is 0.254 e. The van der Waals surface area contributed by atoms with Crippen molar-refractivity contribution in [2.45, 2.75) is 30.1 Å². The molecule has 0 spiro atoms. The molecule has 5 nitrogen and oxygen atoms in total. The third-order valence-electron chi connectivity index (χ3n) is 2.85. The topological polar surface area (TPSA) is 59.5 Å². The Balaban J connectivity index is 2.05. The van der Waals surface area contributed by atoms with Crippen LogP contribution >= 0.6 is 22.9 Å². The summed E-state index contributed by atoms with van der Waals surface area (Å²) < 4.78 is 32.0. The third-order valence-corrected chi connectivity index (χ3v) is 6.30. The van der Waals surface area contributed by atoms with E-state index in [1.807, 2.05) is 6.92 Å². The Morgan fingerprint density at radius 1 is 1.56 bits per heavy atom. The lowest BCUT2D eigenvalue weighted by atomic mass is 10.1. The maximum atomic E-state index is 12.3. The van der Waals surface area contributed by atoms with E-state index in [-0.39, 0.29) is 14.8 Å². The number of hydrogen-bond donors (Lipinski definition) is 0. The molecule has 0 bridgehead atoms. The van der Waals surface area contributed by atoms with Crippen molar-refractivity contribution in [2.75, 3.05) is 19.7 Å². The van der Waals surface area contributed by atoms with Gasteiger partial charge in [-0.15, -0.1) is 0 Å². The fraction of sp³-hybridized carbons (Fsp3) is 0.700. The molecular formula is C10H15ClN2O3S2. The number of sulfonamides is 1. The van der Waals surface area contributed by atoms with Gasteiger partial charge in [-0.2, -0.15) is 4.31 Å². The number of aromatic nitrogens is 1. The van der Waals surface area contributed by atoms with Gasteiger partial charge in [0, 0.05) is 19.7 Å². The van der Waals surface area contributed by atoms with E-state index >= 15 is 0 Å². The first-order chi connectivity index (χ1) is 8.54. The number of ether oxygens (including phenoxy) is 1. The average molecular weight is 311 g/mol. The van der Waals surface area contributed by atoms with Gasteiger partial charge in [0.2, 0.25) is 0 Å². The number of piperidine rings is 1. The van der Waals surface area contributed by atoms with Crippen molar-refractivity contribution in [3.8, 4) is 0 Å². The monoisotopic (exact) mass is 310 g/mol. The molecule has 8 heteroatoms. The van der Waals surface area contributed by atoms with E-state index in [2.05, 4.69) is 4.98 Å². The lowest BCUT2D eigenvalue weighted by Gasteiger charge is -2.30. The van der Waals surface area contributed by atoms with Gasteiger partial charge in [-0.05, 0) is 19.8 Å². The van der Waals surface area contributed by atoms with Crippen LogP contribution in [0.1, 0.15) is 19.8 Å². The SMILES string of the molecule is CCOC1CCN(S(=O)(=O)c2cnc(Cl)s2)CC1. The molecule has 0 saturated carbocycles. The van der Waals surface area contributed by atoms with E-state index in [9.17, 15) is 8.42 Å². The summed E-state index contributed by atoms with van der Waals surface area (Å²) >= 11 is 6.67. The third kappa shape index (κ3) is 3.03. The standard InChI is InChI=1S/C10H15ClN2O3S2/c1-2-16-8-3-5-13(6-4-8)18(14,15)9-7-12-10(11)17-9/h7-8H,2-6H2,1H3. The molecule has 0 N–H and O–H groups in total. The Kier molecular flexibility index (Phi) is 4.60. The van der Waals surface area contributed by atoms with Crippen LogP contribution < -0.4 is 0 Å². The number of thiazole rings is 1. The van der Waals surface area contributed by atoms with Gasteiger partial charge in [-0.3, -0.25) is 0 Å². The second kappa shape index (κ2) is 5.83. The van der Waals surface area contributed by atoms with Gasteiger partial charge in [0.05, 0.1) is 12.3 Å². The summed E-state index contributed by atoms with van der Waals surface area (Å²) in [6, 6.07) is 0. The zero-order valence-electron chi connectivity index (χ0n) is 10.0. The van der Waals surface area contributed by atoms with Gasteiger partial charge < -0.3 is 4.74 Å². The van der Waals surface area contributed by atoms with Gasteiger partial charge in [0.25, 0.3) is 10.0 Å². The summed E-state index contributed by atoms with van der Waals surface area (Å²) in [5, 5.41) is 0. The lowest BCUT2D eigenvalue weighted by molar-refractivity contribution is 0.0290. The van der Waals surface area contributed by atoms with Crippen LogP contribution in [0.25, 0.3) is 0 Å². The summed E-state index contributed by atoms with van der Waals surface area (Å²) in [5.41, 5.74) is 0. The largest absolute Gasteiger partial charge is 0.378 e. The van der Waals surface area contributed by atoms with Crippen molar-refractivity contribution in [3.63, 3.8) is 0 Å². The summed E-state index contributed by atoms with van der Waals surface area (Å²) in [6.45, 7) is 3.59. The molecular weight excluding hydrogens is 296 g/mol. The van der Waals surface area contributed by atoms with Crippen molar-refractivity contribution >= 4 is 33.0 Å². The van der Waals surface area contributed by atoms with Crippen LogP contribution in [0, 0.1) is 0 Å². The Labute approximate surface area is 116 Å². The van der Waals surface area contributed by atoms with Crippen LogP contribution in [-0.2, 0) is 14.8 Å². The van der Waals surface area contributed by atoms with Crippen LogP contribution in [0.3, 0.4) is 0 Å². The number of nitrogens with zero attached hydrogens (tertiary/aromatic N) is 2. The molecule has 18 heavy (non-hydrogen) atoms. The molecule has 0 amide bonds. The molecule has 102 valence electrons. The van der Waals surface area contributed by atoms with Crippen molar-refractivity contribution in [1.82, 2.24) is 9.29 Å². The lowest BCUT2D eigenvalue weighted by Crippen LogP contribution is -2.40. The minimum absolute atomic E-state index is 0.173. The van der Waals surface area contributed by atoms with Crippen molar-refractivity contribution in [3.05, 3.63) is 10.7 Å². The molecule has 2 rings (SSSR count). The molecule has 1 aromatic heterocycles. The van der Waals surface area contributed by atoms with Crippen molar-refractivity contribution in [2.24, 2.45) is 0 Å². The van der Waals surface area contributed by atoms with E-state index < -0.39 is 10.0 Å². The van der Waals surface area contributed by atoms with E-state index in [0.29, 0.717) is 19.7 Å². The molecule has 1 aliphatic rings. The van der Waals surface area contributed by atoms with E-state index in [4.69, 9.17) is 16.3 Å². The first kappa shape index (κ1) is 14.2. The van der Waals surface area contributed by atoms with Gasteiger partial charge >= 0.3 is 0 Å². The highest BCUT2D eigenvalue weighted by atomic mass is 35.5. The molecule has 0 unspecified atom stereocenters. The van der Waals surface area contributed by atoms with Gasteiger partial charge in [-0.25, -0.2) is 13.4 Å². The fourth-order valence-electron chi connectivity index (χ4n) is 1.96. The quantitative estimate of drug-likeness (QED) is 0.853. The van der Waals surface area contributed by atoms with Crippen LogP contribution in [0.15, 0.2) is 10.4 Å². The normalized spacial score (nSPS) is 19.2. The van der Waals surface area contributed by atoms with E-state index in [0.717, 1.165) is 24.2 Å². The van der Waals surface area contributed by atoms with Gasteiger partial charge in [0.15, 0.2) is 8.68 Å². The average Bonchev–Trinajstić information content (AvgIpc) is 2.78. The smallest absolute Gasteiger partial charge is 0.254 e. The predicted octanol–water partition coefficient (Wildman–Crippen LogP) is 1.99. The summed E-state index contributed by atoms with van der Waals surface area (Å²) in [5.74, 6) is 0. The molecule has 1 saturated heterocycles. The Morgan fingerprint density at radius 2 is 2.22 bits per heavy atom. The van der Waals surface area contributed by atoms with E-state index in [1.165, 1.54) is 10.5 Å². The van der Waals surface area contributed by atoms with Crippen LogP contribution in [-0.4, -0.2) is 43.5 Å². The minimum atomic E-state index is -3.43. The molecule has 1 fully saturated rings. The molecule has 0 radical (unpaired) electrons. The summed E-state index contributed by atoms with van der Waals surface area (Å²) in [4.78, 5) is 3.78. The van der Waals surface area contributed by atoms with Crippen molar-refractivity contribution in [1.29, 1.82) is 0 Å². The highest BCUT2D eigenvalue weighted by Gasteiger charge is 2.30. The molecule has 1 aromatic rings. The van der Waals surface area contributed by atoms with Crippen LogP contribution in [0.4, 0.5) is 0 Å². The maximum absolute atomic E-state index is 12.3. The first-order valence-electron chi connectivity index (χ1n) is 5.77. The zero-order chi connectivity index (χ0) is 13.2. The molecule has 2 heterocycles. The fourth-order valence-corrected chi connectivity index (χ4v) is 4.88. The molecule has 0 atom stereocenters. The first-order valence-corrected chi connectivity index (χ1v) is 8.40. The summed E-state index contributed by atoms with van der Waals surface area (Å²) in [7, 11) is -3.43. The second-order valence-electron chi connectivity index (χ2n) is 3.99.